The fourth-order valence-electron chi connectivity index (χ4n) is 2.37. The number of aryl methyl sites for hydroxylation is 1. The summed E-state index contributed by atoms with van der Waals surface area (Å²) in [6.07, 6.45) is 5.24. The van der Waals surface area contributed by atoms with Crippen LogP contribution in [0.3, 0.4) is 0 Å². The highest BCUT2D eigenvalue weighted by Crippen LogP contribution is 2.28. The summed E-state index contributed by atoms with van der Waals surface area (Å²) in [5.74, 6) is 0. The van der Waals surface area contributed by atoms with E-state index in [0.717, 1.165) is 25.7 Å². The molecule has 1 aromatic heterocycles. The fourth-order valence-corrected chi connectivity index (χ4v) is 4.82. The van der Waals surface area contributed by atoms with Gasteiger partial charge in [-0.25, -0.2) is 13.1 Å². The molecule has 0 aromatic carbocycles. The Bertz CT molecular complexity index is 502. The van der Waals surface area contributed by atoms with Gasteiger partial charge in [-0.3, -0.25) is 0 Å². The topological polar surface area (TPSA) is 68.1 Å². The van der Waals surface area contributed by atoms with E-state index in [1.807, 2.05) is 0 Å². The predicted octanol–water partition coefficient (Wildman–Crippen LogP) is 1.53. The van der Waals surface area contributed by atoms with Crippen molar-refractivity contribution in [3.8, 4) is 0 Å². The predicted molar refractivity (Wildman–Crippen MR) is 70.5 cm³/mol. The molecule has 1 fully saturated rings. The molecule has 0 spiro atoms. The Kier molecular flexibility index (Phi) is 4.08. The summed E-state index contributed by atoms with van der Waals surface area (Å²) >= 11 is 3.14. The lowest BCUT2D eigenvalue weighted by atomic mass is 9.96. The summed E-state index contributed by atoms with van der Waals surface area (Å²) in [7, 11) is -0.306. The van der Waals surface area contributed by atoms with Crippen molar-refractivity contribution >= 4 is 26.0 Å². The average Bonchev–Trinajstić information content (AvgIpc) is 2.69. The number of hydrogen-bond donors (Lipinski definition) is 0. The third-order valence-electron chi connectivity index (χ3n) is 3.45. The first-order valence-corrected chi connectivity index (χ1v) is 8.21. The Morgan fingerprint density at radius 1 is 1.33 bits per heavy atom. The van der Waals surface area contributed by atoms with Crippen molar-refractivity contribution in [3.05, 3.63) is 4.60 Å². The lowest BCUT2D eigenvalue weighted by molar-refractivity contribution is 0.284. The zero-order chi connectivity index (χ0) is 13.3. The second kappa shape index (κ2) is 5.26. The van der Waals surface area contributed by atoms with Gasteiger partial charge in [0, 0.05) is 20.1 Å². The standard InChI is InChI=1S/C10H17BrN4O2S/c1-14-10(9(11)12-13-14)18(16,17)15(2)8-6-4-3-5-7-8/h8H,3-7H2,1-2H3. The molecule has 0 atom stereocenters. The van der Waals surface area contributed by atoms with Gasteiger partial charge in [-0.15, -0.1) is 5.10 Å². The Labute approximate surface area is 116 Å². The molecular weight excluding hydrogens is 320 g/mol. The molecule has 0 saturated heterocycles. The van der Waals surface area contributed by atoms with Gasteiger partial charge in [0.1, 0.15) is 0 Å². The molecule has 0 aliphatic heterocycles. The molecular formula is C10H17BrN4O2S. The van der Waals surface area contributed by atoms with Gasteiger partial charge in [-0.05, 0) is 28.8 Å². The van der Waals surface area contributed by atoms with E-state index in [9.17, 15) is 8.42 Å². The van der Waals surface area contributed by atoms with Crippen LogP contribution in [0.5, 0.6) is 0 Å². The maximum absolute atomic E-state index is 12.5. The first kappa shape index (κ1) is 14.0. The van der Waals surface area contributed by atoms with Crippen LogP contribution in [-0.4, -0.2) is 40.8 Å². The van der Waals surface area contributed by atoms with Gasteiger partial charge in [0.25, 0.3) is 10.0 Å². The Balaban J connectivity index is 2.30. The normalized spacial score (nSPS) is 18.4. The first-order valence-electron chi connectivity index (χ1n) is 5.98. The minimum atomic E-state index is -3.53. The number of hydrogen-bond acceptors (Lipinski definition) is 4. The van der Waals surface area contributed by atoms with Crippen LogP contribution in [0.25, 0.3) is 0 Å². The molecule has 2 rings (SSSR count). The third-order valence-corrected chi connectivity index (χ3v) is 6.25. The summed E-state index contributed by atoms with van der Waals surface area (Å²) in [5, 5.41) is 7.58. The van der Waals surface area contributed by atoms with Crippen LogP contribution in [0.4, 0.5) is 0 Å². The summed E-state index contributed by atoms with van der Waals surface area (Å²) in [5.41, 5.74) is 0. The van der Waals surface area contributed by atoms with Gasteiger partial charge in [0.2, 0.25) is 5.03 Å². The smallest absolute Gasteiger partial charge is 0.235 e. The van der Waals surface area contributed by atoms with Gasteiger partial charge in [-0.2, -0.15) is 4.31 Å². The van der Waals surface area contributed by atoms with Crippen LogP contribution in [-0.2, 0) is 17.1 Å². The molecule has 1 saturated carbocycles. The first-order chi connectivity index (χ1) is 8.44. The number of nitrogens with zero attached hydrogens (tertiary/aromatic N) is 4. The number of aromatic nitrogens is 3. The van der Waals surface area contributed by atoms with Crippen molar-refractivity contribution in [2.45, 2.75) is 43.2 Å². The van der Waals surface area contributed by atoms with Crippen LogP contribution in [0.15, 0.2) is 9.63 Å². The summed E-state index contributed by atoms with van der Waals surface area (Å²) in [4.78, 5) is 0. The van der Waals surface area contributed by atoms with E-state index < -0.39 is 10.0 Å². The fraction of sp³-hybridized carbons (Fsp3) is 0.800. The minimum Gasteiger partial charge on any atom is -0.235 e. The summed E-state index contributed by atoms with van der Waals surface area (Å²) in [6.45, 7) is 0. The SMILES string of the molecule is CN(C1CCCCC1)S(=O)(=O)c1c(Br)nnn1C. The van der Waals surface area contributed by atoms with Crippen LogP contribution >= 0.6 is 15.9 Å². The Morgan fingerprint density at radius 2 is 1.94 bits per heavy atom. The third kappa shape index (κ3) is 2.46. The van der Waals surface area contributed by atoms with Crippen LogP contribution < -0.4 is 0 Å². The maximum Gasteiger partial charge on any atom is 0.263 e. The monoisotopic (exact) mass is 336 g/mol. The van der Waals surface area contributed by atoms with Crippen LogP contribution in [0.1, 0.15) is 32.1 Å². The Hall–Kier alpha value is -0.470. The molecule has 0 N–H and O–H groups in total. The van der Waals surface area contributed by atoms with Gasteiger partial charge < -0.3 is 0 Å². The van der Waals surface area contributed by atoms with E-state index >= 15 is 0 Å². The van der Waals surface area contributed by atoms with Crippen LogP contribution in [0.2, 0.25) is 0 Å². The Morgan fingerprint density at radius 3 is 2.44 bits per heavy atom. The van der Waals surface area contributed by atoms with Gasteiger partial charge in [0.05, 0.1) is 0 Å². The largest absolute Gasteiger partial charge is 0.263 e. The highest BCUT2D eigenvalue weighted by atomic mass is 79.9. The van der Waals surface area contributed by atoms with E-state index in [-0.39, 0.29) is 15.7 Å². The van der Waals surface area contributed by atoms with E-state index in [1.165, 1.54) is 15.4 Å². The second-order valence-electron chi connectivity index (χ2n) is 4.62. The molecule has 1 aromatic rings. The molecule has 8 heteroatoms. The van der Waals surface area contributed by atoms with Crippen molar-refractivity contribution < 1.29 is 8.42 Å². The van der Waals surface area contributed by atoms with Crippen molar-refractivity contribution in [2.75, 3.05) is 7.05 Å². The van der Waals surface area contributed by atoms with Crippen molar-refractivity contribution in [2.24, 2.45) is 7.05 Å². The van der Waals surface area contributed by atoms with Crippen molar-refractivity contribution in [1.29, 1.82) is 0 Å². The second-order valence-corrected chi connectivity index (χ2v) is 7.29. The lowest BCUT2D eigenvalue weighted by Crippen LogP contribution is -2.39. The van der Waals surface area contributed by atoms with Gasteiger partial charge in [-0.1, -0.05) is 24.5 Å². The highest BCUT2D eigenvalue weighted by molar-refractivity contribution is 9.10. The summed E-state index contributed by atoms with van der Waals surface area (Å²) in [6, 6.07) is 0.0885. The molecule has 102 valence electrons. The van der Waals surface area contributed by atoms with Crippen molar-refractivity contribution in [1.82, 2.24) is 19.3 Å². The van der Waals surface area contributed by atoms with Crippen molar-refractivity contribution in [3.63, 3.8) is 0 Å². The number of rotatable bonds is 3. The molecule has 0 unspecified atom stereocenters. The van der Waals surface area contributed by atoms with Crippen LogP contribution in [0, 0.1) is 0 Å². The van der Waals surface area contributed by atoms with Gasteiger partial charge >= 0.3 is 0 Å². The molecule has 1 aliphatic carbocycles. The zero-order valence-electron chi connectivity index (χ0n) is 10.5. The van der Waals surface area contributed by atoms with E-state index in [1.54, 1.807) is 14.1 Å². The van der Waals surface area contributed by atoms with E-state index in [4.69, 9.17) is 0 Å². The lowest BCUT2D eigenvalue weighted by Gasteiger charge is -2.30. The zero-order valence-corrected chi connectivity index (χ0v) is 12.9. The van der Waals surface area contributed by atoms with E-state index in [0.29, 0.717) is 0 Å². The molecule has 1 heterocycles. The van der Waals surface area contributed by atoms with Gasteiger partial charge in [0.15, 0.2) is 4.60 Å². The molecule has 0 bridgehead atoms. The quantitative estimate of drug-likeness (QED) is 0.839. The summed E-state index contributed by atoms with van der Waals surface area (Å²) < 4.78 is 28.1. The molecule has 0 amide bonds. The minimum absolute atomic E-state index is 0.0885. The molecule has 0 radical (unpaired) electrons. The molecule has 1 aliphatic rings. The average molecular weight is 337 g/mol. The number of halogens is 1. The number of sulfonamides is 1. The maximum atomic E-state index is 12.5. The highest BCUT2D eigenvalue weighted by Gasteiger charge is 2.33. The molecule has 18 heavy (non-hydrogen) atoms. The molecule has 6 nitrogen and oxygen atoms in total. The van der Waals surface area contributed by atoms with E-state index in [2.05, 4.69) is 26.2 Å².